The SMILES string of the molecule is CCCCCCCCCCCCCCCCCC(=O)NC(=O)CCC(=O)O.[Gd]. The van der Waals surface area contributed by atoms with Crippen molar-refractivity contribution < 1.29 is 59.4 Å². The Balaban J connectivity index is 0. The van der Waals surface area contributed by atoms with Gasteiger partial charge in [-0.15, -0.1) is 0 Å². The van der Waals surface area contributed by atoms with E-state index in [0.29, 0.717) is 6.42 Å². The number of rotatable bonds is 19. The molecule has 0 aromatic carbocycles. The van der Waals surface area contributed by atoms with E-state index < -0.39 is 11.9 Å². The van der Waals surface area contributed by atoms with Crippen LogP contribution in [-0.4, -0.2) is 22.9 Å². The summed E-state index contributed by atoms with van der Waals surface area (Å²) in [6.07, 6.45) is 19.1. The fourth-order valence-electron chi connectivity index (χ4n) is 3.16. The largest absolute Gasteiger partial charge is 0.481 e. The molecule has 0 heterocycles. The van der Waals surface area contributed by atoms with Crippen LogP contribution >= 0.6 is 0 Å². The van der Waals surface area contributed by atoms with Crippen LogP contribution in [0.1, 0.15) is 122 Å². The number of carbonyl (C=O) groups excluding carboxylic acids is 2. The molecule has 0 fully saturated rings. The van der Waals surface area contributed by atoms with Crippen LogP contribution in [0.4, 0.5) is 0 Å². The van der Waals surface area contributed by atoms with Gasteiger partial charge in [-0.2, -0.15) is 0 Å². The average molecular weight is 541 g/mol. The van der Waals surface area contributed by atoms with Gasteiger partial charge in [0.05, 0.1) is 6.42 Å². The van der Waals surface area contributed by atoms with Crippen LogP contribution in [0.3, 0.4) is 0 Å². The number of imide groups is 1. The molecule has 0 atom stereocenters. The molecule has 0 aliphatic heterocycles. The maximum Gasteiger partial charge on any atom is 0.303 e. The zero-order chi connectivity index (χ0) is 20.2. The molecule has 0 saturated carbocycles. The smallest absolute Gasteiger partial charge is 0.303 e. The van der Waals surface area contributed by atoms with Crippen molar-refractivity contribution in [2.45, 2.75) is 122 Å². The molecule has 0 aliphatic carbocycles. The summed E-state index contributed by atoms with van der Waals surface area (Å²) >= 11 is 0. The van der Waals surface area contributed by atoms with Crippen molar-refractivity contribution in [2.75, 3.05) is 0 Å². The van der Waals surface area contributed by atoms with Gasteiger partial charge in [0.1, 0.15) is 0 Å². The van der Waals surface area contributed by atoms with E-state index in [1.54, 1.807) is 0 Å². The molecule has 0 aromatic heterocycles. The number of hydrogen-bond donors (Lipinski definition) is 2. The number of hydrogen-bond acceptors (Lipinski definition) is 3. The van der Waals surface area contributed by atoms with E-state index in [1.807, 2.05) is 0 Å². The summed E-state index contributed by atoms with van der Waals surface area (Å²) in [5.74, 6) is -1.82. The van der Waals surface area contributed by atoms with Crippen LogP contribution in [0.15, 0.2) is 0 Å². The van der Waals surface area contributed by atoms with Crippen LogP contribution < -0.4 is 5.32 Å². The molecule has 2 N–H and O–H groups in total. The molecule has 0 rings (SSSR count). The van der Waals surface area contributed by atoms with E-state index in [1.165, 1.54) is 77.0 Å². The van der Waals surface area contributed by atoms with Crippen molar-refractivity contribution in [3.63, 3.8) is 0 Å². The van der Waals surface area contributed by atoms with Crippen molar-refractivity contribution in [3.8, 4) is 0 Å². The van der Waals surface area contributed by atoms with Crippen LogP contribution in [0, 0.1) is 39.9 Å². The molecule has 0 radical (unpaired) electrons. The van der Waals surface area contributed by atoms with Gasteiger partial charge >= 0.3 is 5.97 Å². The predicted octanol–water partition coefficient (Wildman–Crippen LogP) is 5.76. The number of unbranched alkanes of at least 4 members (excludes halogenated alkanes) is 14. The van der Waals surface area contributed by atoms with E-state index in [-0.39, 0.29) is 58.7 Å². The van der Waals surface area contributed by atoms with E-state index in [9.17, 15) is 14.4 Å². The zero-order valence-corrected chi connectivity index (χ0v) is 20.0. The second kappa shape index (κ2) is 23.2. The maximum atomic E-state index is 11.6. The Morgan fingerprint density at radius 2 is 0.929 bits per heavy atom. The van der Waals surface area contributed by atoms with E-state index in [4.69, 9.17) is 5.11 Å². The number of carboxylic acid groups (broad SMARTS) is 1. The third-order valence-electron chi connectivity index (χ3n) is 4.85. The zero-order valence-electron chi connectivity index (χ0n) is 17.8. The fraction of sp³-hybridized carbons (Fsp3) is 0.864. The predicted molar refractivity (Wildman–Crippen MR) is 110 cm³/mol. The van der Waals surface area contributed by atoms with Gasteiger partial charge in [-0.25, -0.2) is 0 Å². The van der Waals surface area contributed by atoms with Gasteiger partial charge in [0.15, 0.2) is 0 Å². The van der Waals surface area contributed by atoms with Crippen LogP contribution in [0.25, 0.3) is 0 Å². The first-order valence-electron chi connectivity index (χ1n) is 11.1. The summed E-state index contributed by atoms with van der Waals surface area (Å²) in [6.45, 7) is 2.26. The molecule has 0 aliphatic rings. The van der Waals surface area contributed by atoms with Gasteiger partial charge in [0.25, 0.3) is 0 Å². The summed E-state index contributed by atoms with van der Waals surface area (Å²) in [4.78, 5) is 33.2. The number of aliphatic carboxylic acids is 1. The van der Waals surface area contributed by atoms with Gasteiger partial charge in [-0.3, -0.25) is 19.7 Å². The Kier molecular flexibility index (Phi) is 25.0. The molecule has 0 saturated heterocycles. The average Bonchev–Trinajstić information content (AvgIpc) is 2.63. The summed E-state index contributed by atoms with van der Waals surface area (Å²) in [5.41, 5.74) is 0. The summed E-state index contributed by atoms with van der Waals surface area (Å²) < 4.78 is 0. The summed E-state index contributed by atoms with van der Waals surface area (Å²) in [7, 11) is 0. The fourth-order valence-corrected chi connectivity index (χ4v) is 3.16. The minimum atomic E-state index is -1.03. The number of nitrogens with one attached hydrogen (secondary N) is 1. The monoisotopic (exact) mass is 541 g/mol. The van der Waals surface area contributed by atoms with Crippen molar-refractivity contribution in [3.05, 3.63) is 0 Å². The topological polar surface area (TPSA) is 83.5 Å². The molecule has 2 amide bonds. The Morgan fingerprint density at radius 3 is 1.32 bits per heavy atom. The molecule has 0 unspecified atom stereocenters. The number of carbonyl (C=O) groups is 3. The van der Waals surface area contributed by atoms with Crippen molar-refractivity contribution in [1.82, 2.24) is 5.32 Å². The molecule has 0 aromatic rings. The molecule has 28 heavy (non-hydrogen) atoms. The quantitative estimate of drug-likeness (QED) is 0.204. The first-order valence-corrected chi connectivity index (χ1v) is 11.1. The van der Waals surface area contributed by atoms with E-state index in [2.05, 4.69) is 12.2 Å². The normalized spacial score (nSPS) is 10.3. The summed E-state index contributed by atoms with van der Waals surface area (Å²) in [6, 6.07) is 0. The third kappa shape index (κ3) is 24.0. The van der Waals surface area contributed by atoms with Crippen LogP contribution in [-0.2, 0) is 14.4 Å². The number of carboxylic acids is 1. The van der Waals surface area contributed by atoms with Gasteiger partial charge in [-0.05, 0) is 6.42 Å². The Labute approximate surface area is 203 Å². The molecule has 5 nitrogen and oxygen atoms in total. The first kappa shape index (κ1) is 30.1. The minimum absolute atomic E-state index is 0. The van der Waals surface area contributed by atoms with Crippen molar-refractivity contribution >= 4 is 17.8 Å². The van der Waals surface area contributed by atoms with Crippen molar-refractivity contribution in [2.24, 2.45) is 0 Å². The summed E-state index contributed by atoms with van der Waals surface area (Å²) in [5, 5.41) is 10.7. The standard InChI is InChI=1S/C22H41NO4.Gd/c1-2-3-4-5-6-7-8-9-10-11-12-13-14-15-16-17-20(24)23-21(25)18-19-22(26)27;/h2-19H2,1H3,(H,26,27)(H,23,24,25);. The van der Waals surface area contributed by atoms with Gasteiger partial charge in [-0.1, -0.05) is 96.8 Å². The first-order chi connectivity index (χ1) is 13.1. The van der Waals surface area contributed by atoms with Gasteiger partial charge in [0.2, 0.25) is 11.8 Å². The maximum absolute atomic E-state index is 11.6. The van der Waals surface area contributed by atoms with E-state index >= 15 is 0 Å². The molecule has 166 valence electrons. The Bertz CT molecular complexity index is 402. The molecular formula is C22H41GdNO4. The van der Waals surface area contributed by atoms with Crippen LogP contribution in [0.2, 0.25) is 0 Å². The Morgan fingerprint density at radius 1 is 0.571 bits per heavy atom. The molecule has 0 bridgehead atoms. The Hall–Kier alpha value is -0.0653. The number of amides is 2. The minimum Gasteiger partial charge on any atom is -0.481 e. The second-order valence-electron chi connectivity index (χ2n) is 7.56. The van der Waals surface area contributed by atoms with Crippen molar-refractivity contribution in [1.29, 1.82) is 0 Å². The third-order valence-corrected chi connectivity index (χ3v) is 4.85. The molecule has 6 heteroatoms. The van der Waals surface area contributed by atoms with Gasteiger partial charge in [0, 0.05) is 52.8 Å². The van der Waals surface area contributed by atoms with E-state index in [0.717, 1.165) is 19.3 Å². The molecule has 0 spiro atoms. The molecular weight excluding hydrogens is 499 g/mol. The van der Waals surface area contributed by atoms with Gasteiger partial charge < -0.3 is 5.11 Å². The second-order valence-corrected chi connectivity index (χ2v) is 7.56. The van der Waals surface area contributed by atoms with Crippen LogP contribution in [0.5, 0.6) is 0 Å².